The number of nitrogens with zero attached hydrogens (tertiary/aromatic N) is 4. The molecule has 0 aromatic heterocycles. The second kappa shape index (κ2) is 7.34. The predicted molar refractivity (Wildman–Crippen MR) is 109 cm³/mol. The van der Waals surface area contributed by atoms with Crippen molar-refractivity contribution in [3.8, 4) is 0 Å². The number of hydrogen-bond donors (Lipinski definition) is 0. The van der Waals surface area contributed by atoms with Crippen molar-refractivity contribution in [3.05, 3.63) is 21.3 Å². The van der Waals surface area contributed by atoms with Crippen LogP contribution >= 0.6 is 0 Å². The zero-order valence-electron chi connectivity index (χ0n) is 17.6. The van der Waals surface area contributed by atoms with Gasteiger partial charge in [-0.3, -0.25) is 0 Å². The Morgan fingerprint density at radius 1 is 0.480 bits per heavy atom. The molecule has 4 saturated heterocycles. The van der Waals surface area contributed by atoms with Crippen LogP contribution in [0.3, 0.4) is 0 Å². The van der Waals surface area contributed by atoms with Crippen LogP contribution in [0, 0.1) is 11.8 Å². The molecule has 4 rings (SSSR count). The van der Waals surface area contributed by atoms with Crippen LogP contribution in [0.25, 0.3) is 21.3 Å². The molecular weight excluding hydrogens is 434 g/mol. The first-order valence-electron chi connectivity index (χ1n) is 9.64. The van der Waals surface area contributed by atoms with Gasteiger partial charge in [0.1, 0.15) is 0 Å². The molecule has 0 unspecified atom stereocenters. The normalized spacial score (nSPS) is 41.3. The minimum Gasteiger partial charge on any atom is -0.673 e. The van der Waals surface area contributed by atoms with Gasteiger partial charge in [0.15, 0.2) is 0 Å². The van der Waals surface area contributed by atoms with Gasteiger partial charge in [0, 0.05) is 0 Å². The van der Waals surface area contributed by atoms with Crippen LogP contribution in [-0.4, -0.2) is 83.4 Å². The van der Waals surface area contributed by atoms with Crippen LogP contribution in [0.5, 0.6) is 0 Å². The molecule has 4 heterocycles. The Hall–Kier alpha value is 1.41. The molecule has 0 amide bonds. The van der Waals surface area contributed by atoms with Crippen molar-refractivity contribution in [2.45, 2.75) is 116 Å². The fraction of sp³-hybridized carbons (Fsp3) is 1.00. The van der Waals surface area contributed by atoms with E-state index in [1.54, 1.807) is 0 Å². The van der Waals surface area contributed by atoms with Crippen molar-refractivity contribution >= 4 is 48.9 Å². The molecule has 25 heavy (non-hydrogen) atoms. The molecule has 0 bridgehead atoms. The molecular formula is C20H36BaN4-2. The Kier molecular flexibility index (Phi) is 6.67. The quantitative estimate of drug-likeness (QED) is 0.409. The van der Waals surface area contributed by atoms with Crippen LogP contribution in [0.1, 0.15) is 81.1 Å². The van der Waals surface area contributed by atoms with Crippen LogP contribution in [0.15, 0.2) is 0 Å². The molecule has 0 aromatic carbocycles. The Balaban J connectivity index is 0.000000173. The summed E-state index contributed by atoms with van der Waals surface area (Å²) >= 11 is 0. The van der Waals surface area contributed by atoms with Gasteiger partial charge in [-0.05, 0) is 0 Å². The van der Waals surface area contributed by atoms with E-state index in [0.29, 0.717) is 12.3 Å². The summed E-state index contributed by atoms with van der Waals surface area (Å²) in [6.07, 6.45) is 5.54. The maximum absolute atomic E-state index is 4.71. The topological polar surface area (TPSA) is 56.4 Å². The Bertz CT molecular complexity index is 366. The number of fused-ring (bicyclic) bond motifs is 2. The van der Waals surface area contributed by atoms with Gasteiger partial charge in [0.05, 0.1) is 0 Å². The second-order valence-corrected chi connectivity index (χ2v) is 10.9. The first-order chi connectivity index (χ1) is 10.8. The van der Waals surface area contributed by atoms with Crippen molar-refractivity contribution in [1.82, 2.24) is 0 Å². The van der Waals surface area contributed by atoms with Crippen LogP contribution in [0.2, 0.25) is 0 Å². The van der Waals surface area contributed by atoms with Crippen molar-refractivity contribution < 1.29 is 0 Å². The van der Waals surface area contributed by atoms with E-state index in [1.165, 1.54) is 25.7 Å². The molecule has 0 atom stereocenters. The van der Waals surface area contributed by atoms with Crippen LogP contribution in [-0.2, 0) is 0 Å². The summed E-state index contributed by atoms with van der Waals surface area (Å²) < 4.78 is 0. The van der Waals surface area contributed by atoms with Gasteiger partial charge in [-0.2, -0.15) is 0 Å². The molecule has 0 aromatic rings. The largest absolute Gasteiger partial charge is 2.00 e. The monoisotopic (exact) mass is 470 g/mol. The van der Waals surface area contributed by atoms with Gasteiger partial charge in [-0.15, -0.1) is 22.2 Å². The van der Waals surface area contributed by atoms with Gasteiger partial charge in [-0.25, -0.2) is 12.3 Å². The SMILES string of the molecule is CC1(C)CC2CC(C)(C)[N-]C2[N-]1.CC1(C)CC2CC(C)(C)[N-]C2[N-]1.[Ba+2]. The van der Waals surface area contributed by atoms with Crippen molar-refractivity contribution in [2.24, 2.45) is 11.8 Å². The van der Waals surface area contributed by atoms with Gasteiger partial charge >= 0.3 is 48.9 Å². The van der Waals surface area contributed by atoms with E-state index in [1.807, 2.05) is 0 Å². The van der Waals surface area contributed by atoms with E-state index in [9.17, 15) is 0 Å². The third-order valence-corrected chi connectivity index (χ3v) is 5.82. The maximum atomic E-state index is 4.71. The van der Waals surface area contributed by atoms with E-state index >= 15 is 0 Å². The zero-order chi connectivity index (χ0) is 18.0. The summed E-state index contributed by atoms with van der Waals surface area (Å²) in [6.45, 7) is 17.7. The molecule has 0 radical (unpaired) electrons. The standard InChI is InChI=1S/2C10H18N2.Ba/c2*1-9(2)5-7-6-10(3,4)12-8(7)11-9;/h2*7-8H,5-6H2,1-4H3;/q2*-2;+2. The molecule has 5 heteroatoms. The molecule has 4 fully saturated rings. The first kappa shape index (κ1) is 22.7. The predicted octanol–water partition coefficient (Wildman–Crippen LogP) is 5.70. The average Bonchev–Trinajstić information content (AvgIpc) is 2.89. The van der Waals surface area contributed by atoms with E-state index in [-0.39, 0.29) is 71.0 Å². The fourth-order valence-electron chi connectivity index (χ4n) is 5.25. The second-order valence-electron chi connectivity index (χ2n) is 10.9. The van der Waals surface area contributed by atoms with E-state index in [4.69, 9.17) is 21.3 Å². The summed E-state index contributed by atoms with van der Waals surface area (Å²) in [5, 5.41) is 18.8. The van der Waals surface area contributed by atoms with Crippen molar-refractivity contribution in [3.63, 3.8) is 0 Å². The summed E-state index contributed by atoms with van der Waals surface area (Å²) in [6, 6.07) is 0. The molecule has 0 aliphatic carbocycles. The molecule has 4 nitrogen and oxygen atoms in total. The molecule has 0 spiro atoms. The van der Waals surface area contributed by atoms with E-state index in [2.05, 4.69) is 55.4 Å². The van der Waals surface area contributed by atoms with Crippen molar-refractivity contribution in [1.29, 1.82) is 0 Å². The third kappa shape index (κ3) is 5.70. The van der Waals surface area contributed by atoms with Crippen LogP contribution in [0.4, 0.5) is 0 Å². The number of rotatable bonds is 0. The minimum atomic E-state index is 0. The maximum Gasteiger partial charge on any atom is 2.00 e. The zero-order valence-corrected chi connectivity index (χ0v) is 22.1. The third-order valence-electron chi connectivity index (χ3n) is 5.82. The summed E-state index contributed by atoms with van der Waals surface area (Å²) in [5.74, 6) is 1.46. The average molecular weight is 470 g/mol. The Labute approximate surface area is 195 Å². The Morgan fingerprint density at radius 3 is 0.840 bits per heavy atom. The molecule has 140 valence electrons. The van der Waals surface area contributed by atoms with E-state index < -0.39 is 0 Å². The van der Waals surface area contributed by atoms with Gasteiger partial charge in [0.25, 0.3) is 0 Å². The van der Waals surface area contributed by atoms with E-state index in [0.717, 1.165) is 11.8 Å². The number of hydrogen-bond acceptors (Lipinski definition) is 0. The fourth-order valence-corrected chi connectivity index (χ4v) is 5.25. The first-order valence-corrected chi connectivity index (χ1v) is 9.64. The molecule has 4 aliphatic rings. The molecule has 4 aliphatic heterocycles. The van der Waals surface area contributed by atoms with Crippen LogP contribution < -0.4 is 0 Å². The summed E-state index contributed by atoms with van der Waals surface area (Å²) in [5.41, 5.74) is 0.759. The Morgan fingerprint density at radius 2 is 0.680 bits per heavy atom. The summed E-state index contributed by atoms with van der Waals surface area (Å²) in [7, 11) is 0. The molecule has 0 N–H and O–H groups in total. The van der Waals surface area contributed by atoms with Crippen molar-refractivity contribution in [2.75, 3.05) is 0 Å². The van der Waals surface area contributed by atoms with Gasteiger partial charge in [0.2, 0.25) is 0 Å². The summed E-state index contributed by atoms with van der Waals surface area (Å²) in [4.78, 5) is 0. The smallest absolute Gasteiger partial charge is 0.673 e. The van der Waals surface area contributed by atoms with Gasteiger partial charge < -0.3 is 21.3 Å². The minimum absolute atomic E-state index is 0. The van der Waals surface area contributed by atoms with Gasteiger partial charge in [-0.1, -0.05) is 92.9 Å². The molecule has 0 saturated carbocycles.